The Balaban J connectivity index is 1.86. The first-order valence-corrected chi connectivity index (χ1v) is 6.35. The third-order valence-electron chi connectivity index (χ3n) is 2.41. The van der Waals surface area contributed by atoms with Gasteiger partial charge in [-0.15, -0.1) is 11.3 Å². The number of ether oxygens (including phenoxy) is 1. The predicted octanol–water partition coefficient (Wildman–Crippen LogP) is 2.57. The van der Waals surface area contributed by atoms with Crippen LogP contribution in [-0.2, 0) is 13.0 Å². The average Bonchev–Trinajstić information content (AvgIpc) is 2.71. The first-order valence-electron chi connectivity index (χ1n) is 5.53. The third kappa shape index (κ3) is 3.28. The van der Waals surface area contributed by atoms with E-state index in [2.05, 4.69) is 4.98 Å². The van der Waals surface area contributed by atoms with Crippen LogP contribution in [0.3, 0.4) is 0 Å². The van der Waals surface area contributed by atoms with Gasteiger partial charge in [-0.05, 0) is 19.1 Å². The molecule has 1 N–H and O–H groups in total. The van der Waals surface area contributed by atoms with Crippen LogP contribution in [0.1, 0.15) is 15.6 Å². The summed E-state index contributed by atoms with van der Waals surface area (Å²) in [5.74, 6) is 0.878. The monoisotopic (exact) mass is 249 g/mol. The number of nitrogens with zero attached hydrogens (tertiary/aromatic N) is 1. The molecule has 0 bridgehead atoms. The smallest absolute Gasteiger partial charge is 0.119 e. The lowest BCUT2D eigenvalue weighted by atomic mass is 10.3. The molecule has 3 nitrogen and oxygen atoms in total. The first kappa shape index (κ1) is 12.1. The summed E-state index contributed by atoms with van der Waals surface area (Å²) in [6, 6.07) is 9.74. The van der Waals surface area contributed by atoms with Gasteiger partial charge in [0.05, 0.1) is 23.9 Å². The van der Waals surface area contributed by atoms with E-state index >= 15 is 0 Å². The molecule has 17 heavy (non-hydrogen) atoms. The molecule has 0 aliphatic heterocycles. The number of thiazole rings is 1. The Hall–Kier alpha value is -1.39. The SMILES string of the molecule is Cc1sc(CCOc2ccccc2)nc1CO. The molecule has 0 radical (unpaired) electrons. The molecule has 0 aliphatic carbocycles. The summed E-state index contributed by atoms with van der Waals surface area (Å²) in [7, 11) is 0. The standard InChI is InChI=1S/C13H15NO2S/c1-10-12(9-15)14-13(17-10)7-8-16-11-5-3-2-4-6-11/h2-6,15H,7-9H2,1H3. The van der Waals surface area contributed by atoms with Gasteiger partial charge in [0.2, 0.25) is 0 Å². The van der Waals surface area contributed by atoms with Gasteiger partial charge in [0.1, 0.15) is 5.75 Å². The van der Waals surface area contributed by atoms with Crippen molar-refractivity contribution in [2.75, 3.05) is 6.61 Å². The molecule has 0 spiro atoms. The van der Waals surface area contributed by atoms with Gasteiger partial charge in [0.15, 0.2) is 0 Å². The molecule has 1 aromatic heterocycles. The van der Waals surface area contributed by atoms with Crippen LogP contribution in [0.25, 0.3) is 0 Å². The molecule has 2 rings (SSSR count). The summed E-state index contributed by atoms with van der Waals surface area (Å²) in [5.41, 5.74) is 0.782. The summed E-state index contributed by atoms with van der Waals surface area (Å²) in [6.07, 6.45) is 0.778. The normalized spacial score (nSPS) is 10.5. The van der Waals surface area contributed by atoms with Crippen LogP contribution < -0.4 is 4.74 Å². The van der Waals surface area contributed by atoms with Gasteiger partial charge in [-0.2, -0.15) is 0 Å². The van der Waals surface area contributed by atoms with E-state index in [-0.39, 0.29) is 6.61 Å². The highest BCUT2D eigenvalue weighted by Crippen LogP contribution is 2.18. The topological polar surface area (TPSA) is 42.4 Å². The molecule has 0 amide bonds. The lowest BCUT2D eigenvalue weighted by Gasteiger charge is -2.03. The molecule has 0 saturated heterocycles. The molecular formula is C13H15NO2S. The quantitative estimate of drug-likeness (QED) is 0.885. The zero-order valence-electron chi connectivity index (χ0n) is 9.72. The zero-order chi connectivity index (χ0) is 12.1. The molecular weight excluding hydrogens is 234 g/mol. The first-order chi connectivity index (χ1) is 8.29. The largest absolute Gasteiger partial charge is 0.493 e. The van der Waals surface area contributed by atoms with Crippen LogP contribution in [0.2, 0.25) is 0 Å². The highest BCUT2D eigenvalue weighted by atomic mass is 32.1. The van der Waals surface area contributed by atoms with Gasteiger partial charge in [-0.3, -0.25) is 0 Å². The number of aryl methyl sites for hydroxylation is 1. The van der Waals surface area contributed by atoms with Crippen molar-refractivity contribution in [2.24, 2.45) is 0 Å². The highest BCUT2D eigenvalue weighted by molar-refractivity contribution is 7.11. The van der Waals surface area contributed by atoms with Gasteiger partial charge < -0.3 is 9.84 Å². The molecule has 0 atom stereocenters. The Morgan fingerprint density at radius 2 is 2.06 bits per heavy atom. The van der Waals surface area contributed by atoms with Gasteiger partial charge in [0, 0.05) is 11.3 Å². The summed E-state index contributed by atoms with van der Waals surface area (Å²) in [4.78, 5) is 5.43. The number of aromatic nitrogens is 1. The molecule has 4 heteroatoms. The second-order valence-corrected chi connectivity index (χ2v) is 4.97. The number of aliphatic hydroxyl groups is 1. The van der Waals surface area contributed by atoms with Crippen molar-refractivity contribution in [1.82, 2.24) is 4.98 Å². The number of benzene rings is 1. The fraction of sp³-hybridized carbons (Fsp3) is 0.308. The zero-order valence-corrected chi connectivity index (χ0v) is 10.5. The lowest BCUT2D eigenvalue weighted by Crippen LogP contribution is -2.01. The Morgan fingerprint density at radius 3 is 2.71 bits per heavy atom. The van der Waals surface area contributed by atoms with Crippen LogP contribution in [-0.4, -0.2) is 16.7 Å². The average molecular weight is 249 g/mol. The minimum atomic E-state index is 0.0157. The summed E-state index contributed by atoms with van der Waals surface area (Å²) in [5, 5.41) is 10.1. The Bertz CT molecular complexity index is 468. The minimum absolute atomic E-state index is 0.0157. The van der Waals surface area contributed by atoms with Gasteiger partial charge in [-0.1, -0.05) is 18.2 Å². The fourth-order valence-electron chi connectivity index (χ4n) is 1.51. The van der Waals surface area contributed by atoms with Crippen LogP contribution in [0.5, 0.6) is 5.75 Å². The van der Waals surface area contributed by atoms with Gasteiger partial charge >= 0.3 is 0 Å². The summed E-state index contributed by atoms with van der Waals surface area (Å²) < 4.78 is 5.60. The van der Waals surface area contributed by atoms with E-state index in [4.69, 9.17) is 9.84 Å². The molecule has 90 valence electrons. The Morgan fingerprint density at radius 1 is 1.29 bits per heavy atom. The maximum absolute atomic E-state index is 9.05. The second kappa shape index (κ2) is 5.80. The fourth-order valence-corrected chi connectivity index (χ4v) is 2.44. The maximum Gasteiger partial charge on any atom is 0.119 e. The number of para-hydroxylation sites is 1. The van der Waals surface area contributed by atoms with Crippen molar-refractivity contribution in [3.8, 4) is 5.75 Å². The van der Waals surface area contributed by atoms with Crippen molar-refractivity contribution < 1.29 is 9.84 Å². The van der Waals surface area contributed by atoms with E-state index in [0.29, 0.717) is 6.61 Å². The van der Waals surface area contributed by atoms with Crippen molar-refractivity contribution in [1.29, 1.82) is 0 Å². The number of hydrogen-bond acceptors (Lipinski definition) is 4. The molecule has 1 heterocycles. The Labute approximate surface area is 105 Å². The molecule has 2 aromatic rings. The summed E-state index contributed by atoms with van der Waals surface area (Å²) >= 11 is 1.62. The third-order valence-corrected chi connectivity index (χ3v) is 3.49. The van der Waals surface area contributed by atoms with E-state index < -0.39 is 0 Å². The second-order valence-electron chi connectivity index (χ2n) is 3.68. The van der Waals surface area contributed by atoms with E-state index in [0.717, 1.165) is 27.7 Å². The minimum Gasteiger partial charge on any atom is -0.493 e. The number of rotatable bonds is 5. The van der Waals surface area contributed by atoms with Gasteiger partial charge in [-0.25, -0.2) is 4.98 Å². The summed E-state index contributed by atoms with van der Waals surface area (Å²) in [6.45, 7) is 2.61. The molecule has 0 fully saturated rings. The number of aliphatic hydroxyl groups excluding tert-OH is 1. The van der Waals surface area contributed by atoms with E-state index in [9.17, 15) is 0 Å². The number of hydrogen-bond donors (Lipinski definition) is 1. The Kier molecular flexibility index (Phi) is 4.12. The van der Waals surface area contributed by atoms with Crippen LogP contribution in [0, 0.1) is 6.92 Å². The van der Waals surface area contributed by atoms with Gasteiger partial charge in [0.25, 0.3) is 0 Å². The molecule has 0 aliphatic rings. The molecule has 0 saturated carbocycles. The predicted molar refractivity (Wildman–Crippen MR) is 68.4 cm³/mol. The van der Waals surface area contributed by atoms with E-state index in [1.54, 1.807) is 11.3 Å². The van der Waals surface area contributed by atoms with Crippen molar-refractivity contribution in [2.45, 2.75) is 20.0 Å². The van der Waals surface area contributed by atoms with E-state index in [1.165, 1.54) is 0 Å². The van der Waals surface area contributed by atoms with Crippen LogP contribution in [0.15, 0.2) is 30.3 Å². The van der Waals surface area contributed by atoms with Crippen LogP contribution in [0.4, 0.5) is 0 Å². The lowest BCUT2D eigenvalue weighted by molar-refractivity contribution is 0.276. The molecule has 0 unspecified atom stereocenters. The van der Waals surface area contributed by atoms with E-state index in [1.807, 2.05) is 37.3 Å². The highest BCUT2D eigenvalue weighted by Gasteiger charge is 2.06. The van der Waals surface area contributed by atoms with Crippen molar-refractivity contribution >= 4 is 11.3 Å². The van der Waals surface area contributed by atoms with Crippen molar-refractivity contribution in [3.05, 3.63) is 45.9 Å². The van der Waals surface area contributed by atoms with Crippen LogP contribution >= 0.6 is 11.3 Å². The molecule has 1 aromatic carbocycles. The van der Waals surface area contributed by atoms with Crippen molar-refractivity contribution in [3.63, 3.8) is 0 Å². The maximum atomic E-state index is 9.05.